The van der Waals surface area contributed by atoms with Gasteiger partial charge in [-0.15, -0.1) is 0 Å². The smallest absolute Gasteiger partial charge is 0.123 e. The third-order valence-electron chi connectivity index (χ3n) is 2.65. The van der Waals surface area contributed by atoms with Crippen molar-refractivity contribution in [2.75, 3.05) is 6.61 Å². The van der Waals surface area contributed by atoms with Gasteiger partial charge in [0.05, 0.1) is 6.10 Å². The van der Waals surface area contributed by atoms with Gasteiger partial charge in [-0.25, -0.2) is 4.39 Å². The molecule has 0 bridgehead atoms. The van der Waals surface area contributed by atoms with E-state index in [9.17, 15) is 4.39 Å². The van der Waals surface area contributed by atoms with E-state index in [1.807, 2.05) is 6.92 Å². The van der Waals surface area contributed by atoms with E-state index in [-0.39, 0.29) is 18.0 Å². The summed E-state index contributed by atoms with van der Waals surface area (Å²) in [6.07, 6.45) is 1.70. The molecule has 0 fully saturated rings. The first kappa shape index (κ1) is 13.1. The molecule has 16 heavy (non-hydrogen) atoms. The molecule has 2 N–H and O–H groups in total. The molecule has 1 aromatic rings. The van der Waals surface area contributed by atoms with Crippen molar-refractivity contribution < 1.29 is 9.13 Å². The maximum atomic E-state index is 12.7. The normalized spacial score (nSPS) is 14.8. The van der Waals surface area contributed by atoms with Crippen LogP contribution in [0.2, 0.25) is 0 Å². The van der Waals surface area contributed by atoms with Gasteiger partial charge in [0, 0.05) is 12.6 Å². The van der Waals surface area contributed by atoms with Gasteiger partial charge in [-0.1, -0.05) is 19.1 Å². The van der Waals surface area contributed by atoms with Crippen molar-refractivity contribution >= 4 is 0 Å². The molecule has 90 valence electrons. The summed E-state index contributed by atoms with van der Waals surface area (Å²) in [6, 6.07) is 6.44. The average molecular weight is 225 g/mol. The molecule has 0 aliphatic carbocycles. The summed E-state index contributed by atoms with van der Waals surface area (Å²) in [6.45, 7) is 4.70. The summed E-state index contributed by atoms with van der Waals surface area (Å²) in [5, 5.41) is 0. The standard InChI is InChI=1S/C13H20FNO/c1-3-13(16-4-2)12(15)9-10-5-7-11(14)8-6-10/h5-8,12-13H,3-4,9,15H2,1-2H3. The lowest BCUT2D eigenvalue weighted by atomic mass is 10.0. The SMILES string of the molecule is CCOC(CC)C(N)Cc1ccc(F)cc1. The summed E-state index contributed by atoms with van der Waals surface area (Å²) in [4.78, 5) is 0. The molecule has 1 aromatic carbocycles. The minimum Gasteiger partial charge on any atom is -0.377 e. The second-order valence-electron chi connectivity index (χ2n) is 3.90. The quantitative estimate of drug-likeness (QED) is 0.807. The molecular formula is C13H20FNO. The van der Waals surface area contributed by atoms with Gasteiger partial charge < -0.3 is 10.5 Å². The van der Waals surface area contributed by atoms with E-state index in [1.165, 1.54) is 12.1 Å². The fraction of sp³-hybridized carbons (Fsp3) is 0.538. The maximum absolute atomic E-state index is 12.7. The predicted molar refractivity (Wildman–Crippen MR) is 63.8 cm³/mol. The van der Waals surface area contributed by atoms with Crippen LogP contribution in [0.4, 0.5) is 4.39 Å². The van der Waals surface area contributed by atoms with Crippen LogP contribution >= 0.6 is 0 Å². The molecule has 0 heterocycles. The highest BCUT2D eigenvalue weighted by molar-refractivity contribution is 5.17. The van der Waals surface area contributed by atoms with Crippen molar-refractivity contribution in [1.82, 2.24) is 0 Å². The highest BCUT2D eigenvalue weighted by Crippen LogP contribution is 2.10. The Bertz CT molecular complexity index is 299. The number of rotatable bonds is 6. The molecule has 3 heteroatoms. The van der Waals surface area contributed by atoms with Gasteiger partial charge in [0.25, 0.3) is 0 Å². The Morgan fingerprint density at radius 2 is 1.88 bits per heavy atom. The first-order valence-electron chi connectivity index (χ1n) is 5.79. The Labute approximate surface area is 96.6 Å². The van der Waals surface area contributed by atoms with E-state index >= 15 is 0 Å². The van der Waals surface area contributed by atoms with E-state index in [4.69, 9.17) is 10.5 Å². The van der Waals surface area contributed by atoms with Crippen molar-refractivity contribution in [1.29, 1.82) is 0 Å². The minimum atomic E-state index is -0.214. The Balaban J connectivity index is 2.55. The molecule has 0 aliphatic heterocycles. The molecule has 2 nitrogen and oxygen atoms in total. The maximum Gasteiger partial charge on any atom is 0.123 e. The van der Waals surface area contributed by atoms with Crippen molar-refractivity contribution in [2.45, 2.75) is 38.8 Å². The Hall–Kier alpha value is -0.930. The highest BCUT2D eigenvalue weighted by Gasteiger charge is 2.16. The fourth-order valence-corrected chi connectivity index (χ4v) is 1.78. The molecule has 0 saturated carbocycles. The van der Waals surface area contributed by atoms with Crippen molar-refractivity contribution in [2.24, 2.45) is 5.73 Å². The van der Waals surface area contributed by atoms with Crippen molar-refractivity contribution in [3.8, 4) is 0 Å². The molecule has 2 atom stereocenters. The van der Waals surface area contributed by atoms with Gasteiger partial charge in [-0.2, -0.15) is 0 Å². The molecular weight excluding hydrogens is 205 g/mol. The fourth-order valence-electron chi connectivity index (χ4n) is 1.78. The third kappa shape index (κ3) is 3.91. The van der Waals surface area contributed by atoms with Crippen LogP contribution in [0.25, 0.3) is 0 Å². The number of halogens is 1. The summed E-state index contributed by atoms with van der Waals surface area (Å²) in [5.41, 5.74) is 7.11. The van der Waals surface area contributed by atoms with E-state index in [0.29, 0.717) is 6.61 Å². The lowest BCUT2D eigenvalue weighted by molar-refractivity contribution is 0.0417. The number of hydrogen-bond acceptors (Lipinski definition) is 2. The zero-order chi connectivity index (χ0) is 12.0. The first-order valence-corrected chi connectivity index (χ1v) is 5.79. The van der Waals surface area contributed by atoms with Crippen LogP contribution in [0.1, 0.15) is 25.8 Å². The van der Waals surface area contributed by atoms with Crippen LogP contribution in [-0.4, -0.2) is 18.8 Å². The van der Waals surface area contributed by atoms with Crippen LogP contribution in [0.5, 0.6) is 0 Å². The molecule has 0 aromatic heterocycles. The monoisotopic (exact) mass is 225 g/mol. The number of hydrogen-bond donors (Lipinski definition) is 1. The second kappa shape index (κ2) is 6.61. The molecule has 0 radical (unpaired) electrons. The van der Waals surface area contributed by atoms with Gasteiger partial charge in [0.2, 0.25) is 0 Å². The topological polar surface area (TPSA) is 35.2 Å². The van der Waals surface area contributed by atoms with Crippen LogP contribution in [0.15, 0.2) is 24.3 Å². The Morgan fingerprint density at radius 3 is 2.38 bits per heavy atom. The summed E-state index contributed by atoms with van der Waals surface area (Å²) in [7, 11) is 0. The largest absolute Gasteiger partial charge is 0.377 e. The van der Waals surface area contributed by atoms with E-state index in [2.05, 4.69) is 6.92 Å². The molecule has 1 rings (SSSR count). The molecule has 0 spiro atoms. The lowest BCUT2D eigenvalue weighted by Crippen LogP contribution is -2.38. The van der Waals surface area contributed by atoms with Crippen LogP contribution in [0, 0.1) is 5.82 Å². The molecule has 0 saturated heterocycles. The van der Waals surface area contributed by atoms with Gasteiger partial charge in [-0.05, 0) is 37.5 Å². The molecule has 0 amide bonds. The second-order valence-corrected chi connectivity index (χ2v) is 3.90. The zero-order valence-corrected chi connectivity index (χ0v) is 9.95. The zero-order valence-electron chi connectivity index (χ0n) is 9.95. The van der Waals surface area contributed by atoms with Crippen molar-refractivity contribution in [3.63, 3.8) is 0 Å². The van der Waals surface area contributed by atoms with E-state index < -0.39 is 0 Å². The first-order chi connectivity index (χ1) is 7.67. The van der Waals surface area contributed by atoms with E-state index in [0.717, 1.165) is 18.4 Å². The summed E-state index contributed by atoms with van der Waals surface area (Å²) >= 11 is 0. The van der Waals surface area contributed by atoms with Gasteiger partial charge in [0.1, 0.15) is 5.82 Å². The molecule has 0 aliphatic rings. The van der Waals surface area contributed by atoms with E-state index in [1.54, 1.807) is 12.1 Å². The highest BCUT2D eigenvalue weighted by atomic mass is 19.1. The van der Waals surface area contributed by atoms with Gasteiger partial charge in [0.15, 0.2) is 0 Å². The molecule has 2 unspecified atom stereocenters. The summed E-state index contributed by atoms with van der Waals surface area (Å²) in [5.74, 6) is -0.214. The Morgan fingerprint density at radius 1 is 1.25 bits per heavy atom. The van der Waals surface area contributed by atoms with Crippen LogP contribution < -0.4 is 5.73 Å². The van der Waals surface area contributed by atoms with Gasteiger partial charge in [-0.3, -0.25) is 0 Å². The third-order valence-corrected chi connectivity index (χ3v) is 2.65. The number of benzene rings is 1. The van der Waals surface area contributed by atoms with Crippen LogP contribution in [0.3, 0.4) is 0 Å². The number of nitrogens with two attached hydrogens (primary N) is 1. The average Bonchev–Trinajstić information content (AvgIpc) is 2.29. The lowest BCUT2D eigenvalue weighted by Gasteiger charge is -2.22. The number of ether oxygens (including phenoxy) is 1. The summed E-state index contributed by atoms with van der Waals surface area (Å²) < 4.78 is 18.3. The van der Waals surface area contributed by atoms with Gasteiger partial charge >= 0.3 is 0 Å². The Kier molecular flexibility index (Phi) is 5.43. The minimum absolute atomic E-state index is 0.0320. The predicted octanol–water partition coefficient (Wildman–Crippen LogP) is 2.51. The van der Waals surface area contributed by atoms with Crippen molar-refractivity contribution in [3.05, 3.63) is 35.6 Å². The van der Waals surface area contributed by atoms with Crippen LogP contribution in [-0.2, 0) is 11.2 Å².